The van der Waals surface area contributed by atoms with Crippen LogP contribution in [0, 0.1) is 0 Å². The van der Waals surface area contributed by atoms with E-state index in [1.54, 1.807) is 17.0 Å². The summed E-state index contributed by atoms with van der Waals surface area (Å²) in [5, 5.41) is 3.31. The van der Waals surface area contributed by atoms with Crippen LogP contribution < -0.4 is 5.32 Å². The molecule has 0 spiro atoms. The average molecular weight is 338 g/mol. The van der Waals surface area contributed by atoms with Crippen LogP contribution in [0.3, 0.4) is 0 Å². The van der Waals surface area contributed by atoms with E-state index in [1.165, 1.54) is 0 Å². The number of halogens is 1. The van der Waals surface area contributed by atoms with E-state index in [2.05, 4.69) is 11.9 Å². The first-order valence-electron chi connectivity index (χ1n) is 7.43. The molecule has 1 aromatic rings. The maximum atomic E-state index is 12.1. The highest BCUT2D eigenvalue weighted by Gasteiger charge is 2.21. The molecule has 2 amide bonds. The summed E-state index contributed by atoms with van der Waals surface area (Å²) in [4.78, 5) is 27.4. The maximum absolute atomic E-state index is 12.1. The Labute approximate surface area is 140 Å². The Bertz CT molecular complexity index is 579. The molecule has 2 rings (SSSR count). The minimum absolute atomic E-state index is 0.125. The summed E-state index contributed by atoms with van der Waals surface area (Å²) in [6, 6.07) is 7.11. The lowest BCUT2D eigenvalue weighted by atomic mass is 10.3. The van der Waals surface area contributed by atoms with Crippen molar-refractivity contribution >= 4 is 29.3 Å². The number of nitrogens with zero attached hydrogens (tertiary/aromatic N) is 2. The Morgan fingerprint density at radius 3 is 2.78 bits per heavy atom. The highest BCUT2D eigenvalue weighted by atomic mass is 35.5. The zero-order valence-corrected chi connectivity index (χ0v) is 13.6. The van der Waals surface area contributed by atoms with Crippen LogP contribution in [0.1, 0.15) is 6.42 Å². The summed E-state index contributed by atoms with van der Waals surface area (Å²) in [5.41, 5.74) is 0.602. The maximum Gasteiger partial charge on any atom is 0.414 e. The van der Waals surface area contributed by atoms with E-state index in [-0.39, 0.29) is 12.5 Å². The molecule has 1 aliphatic heterocycles. The predicted molar refractivity (Wildman–Crippen MR) is 89.4 cm³/mol. The molecule has 124 valence electrons. The van der Waals surface area contributed by atoms with E-state index in [1.807, 2.05) is 17.0 Å². The van der Waals surface area contributed by atoms with Crippen LogP contribution in [0.4, 0.5) is 10.5 Å². The molecule has 1 saturated heterocycles. The lowest BCUT2D eigenvalue weighted by Gasteiger charge is -2.20. The van der Waals surface area contributed by atoms with Gasteiger partial charge in [-0.1, -0.05) is 30.3 Å². The third-order valence-electron chi connectivity index (χ3n) is 3.55. The summed E-state index contributed by atoms with van der Waals surface area (Å²) in [6.45, 7) is 6.12. The van der Waals surface area contributed by atoms with Crippen LogP contribution in [-0.4, -0.2) is 54.5 Å². The molecule has 6 nitrogen and oxygen atoms in total. The minimum atomic E-state index is -0.401. The summed E-state index contributed by atoms with van der Waals surface area (Å²) in [7, 11) is 0. The first kappa shape index (κ1) is 17.3. The molecule has 0 aromatic heterocycles. The Morgan fingerprint density at radius 2 is 2.04 bits per heavy atom. The molecule has 23 heavy (non-hydrogen) atoms. The number of para-hydroxylation sites is 1. The molecule has 1 aromatic carbocycles. The van der Waals surface area contributed by atoms with E-state index in [0.717, 1.165) is 19.2 Å². The summed E-state index contributed by atoms with van der Waals surface area (Å²) >= 11 is 6.03. The molecule has 0 bridgehead atoms. The number of carbonyl (C=O) groups excluding carboxylic acids is 2. The zero-order valence-electron chi connectivity index (χ0n) is 12.8. The number of amides is 2. The van der Waals surface area contributed by atoms with Crippen LogP contribution in [0.5, 0.6) is 0 Å². The normalized spacial score (nSPS) is 15.6. The highest BCUT2D eigenvalue weighted by molar-refractivity contribution is 6.33. The zero-order chi connectivity index (χ0) is 16.7. The van der Waals surface area contributed by atoms with Crippen molar-refractivity contribution in [2.24, 2.45) is 0 Å². The monoisotopic (exact) mass is 337 g/mol. The van der Waals surface area contributed by atoms with Gasteiger partial charge in [0, 0.05) is 26.2 Å². The Hall–Kier alpha value is -2.05. The topological polar surface area (TPSA) is 61.9 Å². The van der Waals surface area contributed by atoms with E-state index in [0.29, 0.717) is 30.3 Å². The van der Waals surface area contributed by atoms with Crippen molar-refractivity contribution < 1.29 is 14.3 Å². The van der Waals surface area contributed by atoms with Gasteiger partial charge in [-0.25, -0.2) is 4.79 Å². The molecular formula is C16H20ClN3O3. The van der Waals surface area contributed by atoms with E-state index in [4.69, 9.17) is 16.3 Å². The van der Waals surface area contributed by atoms with Crippen LogP contribution >= 0.6 is 11.6 Å². The molecule has 0 unspecified atom stereocenters. The van der Waals surface area contributed by atoms with Gasteiger partial charge in [0.25, 0.3) is 0 Å². The van der Waals surface area contributed by atoms with Gasteiger partial charge in [-0.05, 0) is 18.6 Å². The van der Waals surface area contributed by atoms with Gasteiger partial charge in [0.2, 0.25) is 5.91 Å². The van der Waals surface area contributed by atoms with E-state index >= 15 is 0 Å². The number of ether oxygens (including phenoxy) is 1. The lowest BCUT2D eigenvalue weighted by molar-refractivity contribution is -0.117. The summed E-state index contributed by atoms with van der Waals surface area (Å²) in [5.74, 6) is -0.125. The van der Waals surface area contributed by atoms with Gasteiger partial charge >= 0.3 is 6.09 Å². The van der Waals surface area contributed by atoms with Gasteiger partial charge in [-0.3, -0.25) is 9.69 Å². The lowest BCUT2D eigenvalue weighted by Crippen LogP contribution is -2.37. The largest absolute Gasteiger partial charge is 0.419 e. The standard InChI is InChI=1S/C16H20ClN3O3/c1-2-23-16(22)20-9-5-8-19(10-11-20)12-15(21)18-14-7-4-3-6-13(14)17/h2-4,6-7H,1,5,8-12H2,(H,18,21). The predicted octanol–water partition coefficient (Wildman–Crippen LogP) is 2.57. The van der Waals surface area contributed by atoms with Crippen molar-refractivity contribution in [3.63, 3.8) is 0 Å². The molecule has 0 atom stereocenters. The van der Waals surface area contributed by atoms with Gasteiger partial charge in [-0.15, -0.1) is 0 Å². The first-order chi connectivity index (χ1) is 11.1. The molecule has 1 N–H and O–H groups in total. The molecule has 1 fully saturated rings. The average Bonchev–Trinajstić information content (AvgIpc) is 2.75. The summed E-state index contributed by atoms with van der Waals surface area (Å²) < 4.78 is 4.78. The van der Waals surface area contributed by atoms with Crippen LogP contribution in [0.2, 0.25) is 5.02 Å². The second kappa shape index (κ2) is 8.55. The molecule has 1 aliphatic rings. The van der Waals surface area contributed by atoms with Crippen molar-refractivity contribution in [3.05, 3.63) is 42.1 Å². The van der Waals surface area contributed by atoms with Gasteiger partial charge in [0.05, 0.1) is 23.5 Å². The van der Waals surface area contributed by atoms with Gasteiger partial charge in [0.15, 0.2) is 0 Å². The number of nitrogens with one attached hydrogen (secondary N) is 1. The third-order valence-corrected chi connectivity index (χ3v) is 3.88. The summed E-state index contributed by atoms with van der Waals surface area (Å²) in [6.07, 6.45) is 1.51. The van der Waals surface area contributed by atoms with Crippen molar-refractivity contribution in [2.45, 2.75) is 6.42 Å². The number of rotatable bonds is 4. The molecule has 7 heteroatoms. The van der Waals surface area contributed by atoms with Crippen molar-refractivity contribution in [1.29, 1.82) is 0 Å². The number of hydrogen-bond acceptors (Lipinski definition) is 4. The molecular weight excluding hydrogens is 318 g/mol. The van der Waals surface area contributed by atoms with Crippen LogP contribution in [-0.2, 0) is 9.53 Å². The molecule has 0 saturated carbocycles. The number of anilines is 1. The molecule has 0 radical (unpaired) electrons. The van der Waals surface area contributed by atoms with E-state index in [9.17, 15) is 9.59 Å². The Morgan fingerprint density at radius 1 is 1.26 bits per heavy atom. The fraction of sp³-hybridized carbons (Fsp3) is 0.375. The Kier molecular flexibility index (Phi) is 6.43. The van der Waals surface area contributed by atoms with Crippen LogP contribution in [0.25, 0.3) is 0 Å². The SMILES string of the molecule is C=COC(=O)N1CCCN(CC(=O)Nc2ccccc2Cl)CC1. The second-order valence-corrected chi connectivity index (χ2v) is 5.60. The van der Waals surface area contributed by atoms with Crippen LogP contribution in [0.15, 0.2) is 37.1 Å². The third kappa shape index (κ3) is 5.26. The van der Waals surface area contributed by atoms with Gasteiger partial charge < -0.3 is 15.0 Å². The van der Waals surface area contributed by atoms with Gasteiger partial charge in [0.1, 0.15) is 0 Å². The second-order valence-electron chi connectivity index (χ2n) is 5.20. The van der Waals surface area contributed by atoms with Gasteiger partial charge in [-0.2, -0.15) is 0 Å². The van der Waals surface area contributed by atoms with Crippen molar-refractivity contribution in [3.8, 4) is 0 Å². The molecule has 1 heterocycles. The van der Waals surface area contributed by atoms with Crippen molar-refractivity contribution in [1.82, 2.24) is 9.80 Å². The number of carbonyl (C=O) groups is 2. The fourth-order valence-corrected chi connectivity index (χ4v) is 2.60. The highest BCUT2D eigenvalue weighted by Crippen LogP contribution is 2.20. The fourth-order valence-electron chi connectivity index (χ4n) is 2.41. The molecule has 0 aliphatic carbocycles. The Balaban J connectivity index is 1.84. The minimum Gasteiger partial charge on any atom is -0.419 e. The smallest absolute Gasteiger partial charge is 0.414 e. The van der Waals surface area contributed by atoms with E-state index < -0.39 is 6.09 Å². The first-order valence-corrected chi connectivity index (χ1v) is 7.81. The number of benzene rings is 1. The number of hydrogen-bond donors (Lipinski definition) is 1. The van der Waals surface area contributed by atoms with Crippen molar-refractivity contribution in [2.75, 3.05) is 38.0 Å². The quantitative estimate of drug-likeness (QED) is 0.858.